The van der Waals surface area contributed by atoms with Gasteiger partial charge in [-0.2, -0.15) is 0 Å². The van der Waals surface area contributed by atoms with Crippen molar-refractivity contribution < 1.29 is 24.3 Å². The third-order valence-electron chi connectivity index (χ3n) is 6.48. The van der Waals surface area contributed by atoms with Gasteiger partial charge in [0.05, 0.1) is 12.4 Å². The minimum Gasteiger partial charge on any atom is -0.480 e. The van der Waals surface area contributed by atoms with Crippen LogP contribution in [0.25, 0.3) is 0 Å². The van der Waals surface area contributed by atoms with Crippen LogP contribution in [0, 0.1) is 11.8 Å². The number of carboxylic acids is 1. The van der Waals surface area contributed by atoms with Crippen LogP contribution < -0.4 is 33.2 Å². The number of hydrogen-bond donors (Lipinski definition) is 8. The van der Waals surface area contributed by atoms with Crippen LogP contribution in [0.15, 0.2) is 17.5 Å². The second kappa shape index (κ2) is 16.2. The van der Waals surface area contributed by atoms with Crippen molar-refractivity contribution in [3.05, 3.63) is 18.2 Å². The molecule has 1 aromatic heterocycles. The molecule has 14 nitrogen and oxygen atoms in total. The molecule has 1 heterocycles. The first-order chi connectivity index (χ1) is 17.9. The lowest BCUT2D eigenvalue weighted by molar-refractivity contribution is -0.142. The van der Waals surface area contributed by atoms with Gasteiger partial charge >= 0.3 is 5.97 Å². The summed E-state index contributed by atoms with van der Waals surface area (Å²) in [5, 5.41) is 17.6. The Morgan fingerprint density at radius 3 is 2.03 bits per heavy atom. The molecule has 0 saturated heterocycles. The van der Waals surface area contributed by atoms with Crippen molar-refractivity contribution in [1.29, 1.82) is 0 Å². The number of carbonyl (C=O) groups is 4. The van der Waals surface area contributed by atoms with Crippen LogP contribution in [0.1, 0.15) is 59.1 Å². The molecule has 6 atom stereocenters. The number of imidazole rings is 1. The van der Waals surface area contributed by atoms with Gasteiger partial charge in [0.1, 0.15) is 18.1 Å². The number of guanidine groups is 1. The zero-order valence-electron chi connectivity index (χ0n) is 22.6. The highest BCUT2D eigenvalue weighted by Gasteiger charge is 2.34. The number of aliphatic imine (C=N–C) groups is 1. The van der Waals surface area contributed by atoms with Gasteiger partial charge in [-0.1, -0.05) is 40.5 Å². The number of carboxylic acid groups (broad SMARTS) is 1. The number of carbonyl (C=O) groups excluding carboxylic acids is 3. The Morgan fingerprint density at radius 2 is 1.55 bits per heavy atom. The van der Waals surface area contributed by atoms with Crippen molar-refractivity contribution in [2.24, 2.45) is 34.0 Å². The third-order valence-corrected chi connectivity index (χ3v) is 6.48. The quantitative estimate of drug-likeness (QED) is 0.0686. The molecule has 1 rings (SSSR count). The average Bonchev–Trinajstić information content (AvgIpc) is 3.39. The highest BCUT2D eigenvalue weighted by atomic mass is 16.4. The van der Waals surface area contributed by atoms with Crippen molar-refractivity contribution >= 4 is 29.7 Å². The van der Waals surface area contributed by atoms with Gasteiger partial charge in [-0.25, -0.2) is 9.78 Å². The molecular formula is C24H43N9O5. The number of aliphatic carboxylic acids is 1. The summed E-state index contributed by atoms with van der Waals surface area (Å²) < 4.78 is 0. The predicted octanol–water partition coefficient (Wildman–Crippen LogP) is -1.04. The fourth-order valence-electron chi connectivity index (χ4n) is 3.64. The largest absolute Gasteiger partial charge is 0.480 e. The molecule has 0 saturated carbocycles. The average molecular weight is 538 g/mol. The SMILES string of the molecule is CCC(C)C(NC(=O)C(N)CCCN=C(N)N)C(=O)NC(C(=O)NC(Cc1cnc[nH]1)C(=O)O)C(C)CC. The molecule has 3 amide bonds. The lowest BCUT2D eigenvalue weighted by Gasteiger charge is -2.30. The summed E-state index contributed by atoms with van der Waals surface area (Å²) in [5.74, 6) is -3.54. The molecule has 0 spiro atoms. The Morgan fingerprint density at radius 1 is 1.00 bits per heavy atom. The Bertz CT molecular complexity index is 934. The maximum Gasteiger partial charge on any atom is 0.326 e. The third kappa shape index (κ3) is 10.7. The summed E-state index contributed by atoms with van der Waals surface area (Å²) in [6.07, 6.45) is 4.78. The van der Waals surface area contributed by atoms with Gasteiger partial charge in [0.15, 0.2) is 5.96 Å². The Hall–Kier alpha value is -3.68. The van der Waals surface area contributed by atoms with Crippen LogP contribution in [0.3, 0.4) is 0 Å². The van der Waals surface area contributed by atoms with E-state index in [1.54, 1.807) is 13.8 Å². The molecule has 1 aromatic rings. The van der Waals surface area contributed by atoms with Crippen molar-refractivity contribution in [3.8, 4) is 0 Å². The number of amides is 3. The highest BCUT2D eigenvalue weighted by Crippen LogP contribution is 2.13. The fraction of sp³-hybridized carbons (Fsp3) is 0.667. The summed E-state index contributed by atoms with van der Waals surface area (Å²) in [4.78, 5) is 61.5. The number of aromatic nitrogens is 2. The zero-order valence-corrected chi connectivity index (χ0v) is 22.6. The van der Waals surface area contributed by atoms with E-state index in [4.69, 9.17) is 17.2 Å². The number of nitrogens with zero attached hydrogens (tertiary/aromatic N) is 2. The summed E-state index contributed by atoms with van der Waals surface area (Å²) in [6, 6.07) is -4.08. The van der Waals surface area contributed by atoms with Crippen LogP contribution >= 0.6 is 0 Å². The van der Waals surface area contributed by atoms with E-state index in [1.165, 1.54) is 12.5 Å². The predicted molar refractivity (Wildman–Crippen MR) is 143 cm³/mol. The minimum atomic E-state index is -1.23. The smallest absolute Gasteiger partial charge is 0.326 e. The topological polar surface area (TPSA) is 244 Å². The van der Waals surface area contributed by atoms with Crippen LogP contribution in [-0.2, 0) is 25.6 Å². The maximum absolute atomic E-state index is 13.3. The van der Waals surface area contributed by atoms with Gasteiger partial charge in [0.25, 0.3) is 0 Å². The molecule has 38 heavy (non-hydrogen) atoms. The molecule has 0 aliphatic rings. The number of rotatable bonds is 17. The van der Waals surface area contributed by atoms with Gasteiger partial charge in [-0.3, -0.25) is 19.4 Å². The lowest BCUT2D eigenvalue weighted by atomic mass is 9.94. The summed E-state index contributed by atoms with van der Waals surface area (Å²) in [6.45, 7) is 7.63. The van der Waals surface area contributed by atoms with Crippen molar-refractivity contribution in [2.75, 3.05) is 6.54 Å². The van der Waals surface area contributed by atoms with E-state index < -0.39 is 47.9 Å². The standard InChI is InChI=1S/C24H43N9O5/c1-5-13(3)18(21(35)31-17(23(37)38)10-15-11-28-12-30-15)33-22(36)19(14(4)6-2)32-20(34)16(25)8-7-9-29-24(26)27/h11-14,16-19H,5-10,25H2,1-4H3,(H,28,30)(H,31,35)(H,32,34)(H,33,36)(H,37,38)(H4,26,27,29). The molecule has 0 fully saturated rings. The van der Waals surface area contributed by atoms with E-state index in [1.807, 2.05) is 13.8 Å². The second-order valence-corrected chi connectivity index (χ2v) is 9.48. The normalized spacial score (nSPS) is 15.7. The van der Waals surface area contributed by atoms with Crippen molar-refractivity contribution in [1.82, 2.24) is 25.9 Å². The van der Waals surface area contributed by atoms with Crippen molar-refractivity contribution in [3.63, 3.8) is 0 Å². The molecule has 0 bridgehead atoms. The van der Waals surface area contributed by atoms with E-state index in [-0.39, 0.29) is 24.2 Å². The van der Waals surface area contributed by atoms with Gasteiger partial charge in [0.2, 0.25) is 17.7 Å². The van der Waals surface area contributed by atoms with E-state index in [9.17, 15) is 24.3 Å². The first-order valence-corrected chi connectivity index (χ1v) is 12.8. The van der Waals surface area contributed by atoms with Gasteiger partial charge in [0, 0.05) is 24.9 Å². The van der Waals surface area contributed by atoms with Gasteiger partial charge in [-0.15, -0.1) is 0 Å². The first kappa shape index (κ1) is 32.3. The molecule has 0 aliphatic heterocycles. The minimum absolute atomic E-state index is 0.00509. The fourth-order valence-corrected chi connectivity index (χ4v) is 3.64. The maximum atomic E-state index is 13.3. The summed E-state index contributed by atoms with van der Waals surface area (Å²) in [7, 11) is 0. The molecule has 0 aromatic carbocycles. The second-order valence-electron chi connectivity index (χ2n) is 9.48. The number of nitrogens with one attached hydrogen (secondary N) is 4. The monoisotopic (exact) mass is 537 g/mol. The van der Waals surface area contributed by atoms with Crippen LogP contribution in [-0.4, -0.2) is 75.4 Å². The number of nitrogens with two attached hydrogens (primary N) is 3. The number of H-pyrrole nitrogens is 1. The molecule has 0 aliphatic carbocycles. The van der Waals surface area contributed by atoms with E-state index in [2.05, 4.69) is 30.9 Å². The highest BCUT2D eigenvalue weighted by molar-refractivity contribution is 5.94. The summed E-state index contributed by atoms with van der Waals surface area (Å²) in [5.41, 5.74) is 17.1. The summed E-state index contributed by atoms with van der Waals surface area (Å²) >= 11 is 0. The molecule has 11 N–H and O–H groups in total. The number of aromatic amines is 1. The van der Waals surface area contributed by atoms with E-state index in [0.29, 0.717) is 37.9 Å². The molecule has 14 heteroatoms. The molecule has 0 radical (unpaired) electrons. The first-order valence-electron chi connectivity index (χ1n) is 12.8. The van der Waals surface area contributed by atoms with E-state index in [0.717, 1.165) is 0 Å². The molecule has 6 unspecified atom stereocenters. The van der Waals surface area contributed by atoms with Crippen LogP contribution in [0.2, 0.25) is 0 Å². The Labute approximate surface area is 223 Å². The number of hydrogen-bond acceptors (Lipinski definition) is 7. The van der Waals surface area contributed by atoms with Gasteiger partial charge in [-0.05, 0) is 24.7 Å². The van der Waals surface area contributed by atoms with E-state index >= 15 is 0 Å². The van der Waals surface area contributed by atoms with Crippen LogP contribution in [0.4, 0.5) is 0 Å². The Kier molecular flexibility index (Phi) is 13.8. The zero-order chi connectivity index (χ0) is 28.8. The van der Waals surface area contributed by atoms with Crippen molar-refractivity contribution in [2.45, 2.75) is 84.0 Å². The van der Waals surface area contributed by atoms with Gasteiger partial charge < -0.3 is 43.2 Å². The molecular weight excluding hydrogens is 494 g/mol. The lowest BCUT2D eigenvalue weighted by Crippen LogP contribution is -2.60. The Balaban J connectivity index is 2.95. The molecule has 214 valence electrons. The van der Waals surface area contributed by atoms with Crippen LogP contribution in [0.5, 0.6) is 0 Å².